The highest BCUT2D eigenvalue weighted by molar-refractivity contribution is 5.87. The molecule has 1 aromatic rings. The van der Waals surface area contributed by atoms with Crippen LogP contribution in [0.2, 0.25) is 0 Å². The lowest BCUT2D eigenvalue weighted by Crippen LogP contribution is -2.08. The zero-order valence-corrected chi connectivity index (χ0v) is 5.87. The Kier molecular flexibility index (Phi) is 3.00. The summed E-state index contributed by atoms with van der Waals surface area (Å²) in [7, 11) is 0. The lowest BCUT2D eigenvalue weighted by Gasteiger charge is -1.93. The Hall–Kier alpha value is -1.82. The number of H-pyrrole nitrogens is 1. The van der Waals surface area contributed by atoms with Gasteiger partial charge in [0.15, 0.2) is 5.88 Å². The first-order valence-corrected chi connectivity index (χ1v) is 2.76. The molecule has 0 spiro atoms. The van der Waals surface area contributed by atoms with Crippen molar-refractivity contribution in [3.05, 3.63) is 28.0 Å². The van der Waals surface area contributed by atoms with Crippen LogP contribution >= 0.6 is 0 Å². The van der Waals surface area contributed by atoms with Crippen molar-refractivity contribution < 1.29 is 20.5 Å². The number of pyridine rings is 1. The molecule has 5 N–H and O–H groups in total. The van der Waals surface area contributed by atoms with Gasteiger partial charge < -0.3 is 15.7 Å². The van der Waals surface area contributed by atoms with Crippen LogP contribution in [0.3, 0.4) is 0 Å². The molecule has 1 heterocycles. The molecule has 6 heteroatoms. The third kappa shape index (κ3) is 2.10. The van der Waals surface area contributed by atoms with E-state index in [4.69, 9.17) is 10.2 Å². The lowest BCUT2D eigenvalue weighted by atomic mass is 10.3. The minimum absolute atomic E-state index is 0. The summed E-state index contributed by atoms with van der Waals surface area (Å²) in [6.45, 7) is 0. The van der Waals surface area contributed by atoms with Gasteiger partial charge in [0.25, 0.3) is 5.56 Å². The van der Waals surface area contributed by atoms with Gasteiger partial charge in [-0.15, -0.1) is 0 Å². The minimum Gasteiger partial charge on any atom is -0.494 e. The van der Waals surface area contributed by atoms with E-state index in [1.54, 1.807) is 0 Å². The van der Waals surface area contributed by atoms with Gasteiger partial charge in [-0.05, 0) is 0 Å². The van der Waals surface area contributed by atoms with Gasteiger partial charge in [-0.25, -0.2) is 4.79 Å². The number of aromatic hydroxyl groups is 1. The average Bonchev–Trinajstić information content (AvgIpc) is 1.85. The molecule has 66 valence electrons. The zero-order valence-electron chi connectivity index (χ0n) is 5.87. The summed E-state index contributed by atoms with van der Waals surface area (Å²) in [5.74, 6) is -1.69. The number of nitrogens with one attached hydrogen (secondary N) is 1. The van der Waals surface area contributed by atoms with E-state index in [9.17, 15) is 9.59 Å². The summed E-state index contributed by atoms with van der Waals surface area (Å²) in [6, 6.07) is 1.85. The van der Waals surface area contributed by atoms with Gasteiger partial charge >= 0.3 is 5.97 Å². The van der Waals surface area contributed by atoms with Gasteiger partial charge in [0.1, 0.15) is 0 Å². The molecule has 0 fully saturated rings. The number of aromatic nitrogens is 1. The SMILES string of the molecule is O.O=C(O)c1cc(O)[nH]c(=O)c1. The number of carboxylic acids is 1. The molecule has 0 saturated carbocycles. The fraction of sp³-hybridized carbons (Fsp3) is 0. The van der Waals surface area contributed by atoms with Gasteiger partial charge in [-0.1, -0.05) is 0 Å². The summed E-state index contributed by atoms with van der Waals surface area (Å²) >= 11 is 0. The summed E-state index contributed by atoms with van der Waals surface area (Å²) < 4.78 is 0. The Labute approximate surface area is 66.4 Å². The Bertz CT molecular complexity index is 342. The van der Waals surface area contributed by atoms with Crippen LogP contribution < -0.4 is 5.56 Å². The van der Waals surface area contributed by atoms with Crippen LogP contribution in [0.25, 0.3) is 0 Å². The van der Waals surface area contributed by atoms with Crippen molar-refractivity contribution in [2.45, 2.75) is 0 Å². The first-order chi connectivity index (χ1) is 5.09. The summed E-state index contributed by atoms with van der Waals surface area (Å²) in [4.78, 5) is 22.8. The third-order valence-corrected chi connectivity index (χ3v) is 1.08. The van der Waals surface area contributed by atoms with Gasteiger partial charge in [0, 0.05) is 12.1 Å². The summed E-state index contributed by atoms with van der Waals surface area (Å²) in [5.41, 5.74) is -0.867. The summed E-state index contributed by atoms with van der Waals surface area (Å²) in [5, 5.41) is 17.1. The van der Waals surface area contributed by atoms with E-state index < -0.39 is 17.4 Å². The largest absolute Gasteiger partial charge is 0.494 e. The third-order valence-electron chi connectivity index (χ3n) is 1.08. The molecule has 0 bridgehead atoms. The average molecular weight is 173 g/mol. The maximum absolute atomic E-state index is 10.5. The quantitative estimate of drug-likeness (QED) is 0.501. The van der Waals surface area contributed by atoms with Gasteiger partial charge in [-0.2, -0.15) is 0 Å². The maximum Gasteiger partial charge on any atom is 0.336 e. The van der Waals surface area contributed by atoms with E-state index in [-0.39, 0.29) is 11.0 Å². The predicted octanol–water partition coefficient (Wildman–Crippen LogP) is -1.05. The van der Waals surface area contributed by atoms with Crippen LogP contribution in [0, 0.1) is 0 Å². The molecule has 0 aliphatic heterocycles. The Morgan fingerprint density at radius 1 is 1.42 bits per heavy atom. The standard InChI is InChI=1S/C6H5NO4.H2O/c8-4-1-3(6(10)11)2-5(9)7-4;/h1-2H,(H,10,11)(H2,7,8,9);1H2. The monoisotopic (exact) mass is 173 g/mol. The second-order valence-electron chi connectivity index (χ2n) is 1.92. The zero-order chi connectivity index (χ0) is 8.43. The molecule has 12 heavy (non-hydrogen) atoms. The van der Waals surface area contributed by atoms with E-state index >= 15 is 0 Å². The van der Waals surface area contributed by atoms with Crippen LogP contribution in [0.4, 0.5) is 0 Å². The van der Waals surface area contributed by atoms with E-state index in [0.29, 0.717) is 0 Å². The predicted molar refractivity (Wildman–Crippen MR) is 39.3 cm³/mol. The number of aromatic amines is 1. The lowest BCUT2D eigenvalue weighted by molar-refractivity contribution is 0.0696. The van der Waals surface area contributed by atoms with Crippen LogP contribution in [-0.2, 0) is 0 Å². The van der Waals surface area contributed by atoms with E-state index in [1.807, 2.05) is 4.98 Å². The van der Waals surface area contributed by atoms with Crippen LogP contribution in [0.1, 0.15) is 10.4 Å². The number of aromatic carboxylic acids is 1. The molecule has 1 aromatic heterocycles. The second-order valence-corrected chi connectivity index (χ2v) is 1.92. The van der Waals surface area contributed by atoms with Gasteiger partial charge in [0.2, 0.25) is 0 Å². The number of carbonyl (C=O) groups is 1. The molecule has 0 amide bonds. The fourth-order valence-electron chi connectivity index (χ4n) is 0.652. The van der Waals surface area contributed by atoms with Crippen LogP contribution in [-0.4, -0.2) is 26.6 Å². The molecule has 0 unspecified atom stereocenters. The Morgan fingerprint density at radius 3 is 2.42 bits per heavy atom. The van der Waals surface area contributed by atoms with E-state index in [2.05, 4.69) is 0 Å². The second kappa shape index (κ2) is 3.54. The van der Waals surface area contributed by atoms with E-state index in [1.165, 1.54) is 0 Å². The first kappa shape index (κ1) is 10.2. The number of hydrogen-bond acceptors (Lipinski definition) is 3. The molecule has 0 atom stereocenters. The topological polar surface area (TPSA) is 122 Å². The van der Waals surface area contributed by atoms with Crippen molar-refractivity contribution >= 4 is 5.97 Å². The smallest absolute Gasteiger partial charge is 0.336 e. The number of rotatable bonds is 1. The van der Waals surface area contributed by atoms with Gasteiger partial charge in [-0.3, -0.25) is 9.78 Å². The molecule has 6 nitrogen and oxygen atoms in total. The molecule has 0 aromatic carbocycles. The van der Waals surface area contributed by atoms with Crippen molar-refractivity contribution in [1.29, 1.82) is 0 Å². The minimum atomic E-state index is -1.24. The maximum atomic E-state index is 10.5. The molecular formula is C6H7NO5. The van der Waals surface area contributed by atoms with Gasteiger partial charge in [0.05, 0.1) is 5.56 Å². The molecule has 0 aliphatic carbocycles. The molecule has 0 aliphatic rings. The molecule has 0 radical (unpaired) electrons. The van der Waals surface area contributed by atoms with Crippen LogP contribution in [0.5, 0.6) is 5.88 Å². The van der Waals surface area contributed by atoms with E-state index in [0.717, 1.165) is 12.1 Å². The molecular weight excluding hydrogens is 166 g/mol. The molecule has 0 saturated heterocycles. The highest BCUT2D eigenvalue weighted by Crippen LogP contribution is 2.02. The highest BCUT2D eigenvalue weighted by Gasteiger charge is 2.04. The number of hydrogen-bond donors (Lipinski definition) is 3. The van der Waals surface area contributed by atoms with Crippen molar-refractivity contribution in [3.63, 3.8) is 0 Å². The highest BCUT2D eigenvalue weighted by atomic mass is 16.4. The van der Waals surface area contributed by atoms with Crippen molar-refractivity contribution in [2.75, 3.05) is 0 Å². The number of carboxylic acid groups (broad SMARTS) is 1. The van der Waals surface area contributed by atoms with Crippen LogP contribution in [0.15, 0.2) is 16.9 Å². The summed E-state index contributed by atoms with van der Waals surface area (Å²) in [6.07, 6.45) is 0. The van der Waals surface area contributed by atoms with Crippen molar-refractivity contribution in [3.8, 4) is 5.88 Å². The fourth-order valence-corrected chi connectivity index (χ4v) is 0.652. The molecule has 1 rings (SSSR count). The van der Waals surface area contributed by atoms with Crippen molar-refractivity contribution in [1.82, 2.24) is 4.98 Å². The Balaban J connectivity index is 0.00000121. The first-order valence-electron chi connectivity index (χ1n) is 2.76. The van der Waals surface area contributed by atoms with Crippen molar-refractivity contribution in [2.24, 2.45) is 0 Å². The normalized spacial score (nSPS) is 8.67. The Morgan fingerprint density at radius 2 is 2.00 bits per heavy atom.